The molecule has 0 heterocycles. The number of hydrogen-bond acceptors (Lipinski definition) is 3. The molecular formula is C13H19BrFNO2. The molecule has 0 amide bonds. The van der Waals surface area contributed by atoms with Gasteiger partial charge in [-0.1, -0.05) is 22.9 Å². The van der Waals surface area contributed by atoms with Crippen LogP contribution in [0.3, 0.4) is 0 Å². The Morgan fingerprint density at radius 3 is 2.78 bits per heavy atom. The molecule has 1 aromatic carbocycles. The second kappa shape index (κ2) is 7.84. The molecule has 18 heavy (non-hydrogen) atoms. The summed E-state index contributed by atoms with van der Waals surface area (Å²) in [5.74, 6) is -0.271. The van der Waals surface area contributed by atoms with Crippen molar-refractivity contribution in [1.82, 2.24) is 4.90 Å². The SMILES string of the molecule is CCC(O)CN(CCO)Cc1cc(Br)ccc1F. The summed E-state index contributed by atoms with van der Waals surface area (Å²) >= 11 is 3.31. The molecule has 0 bridgehead atoms. The van der Waals surface area contributed by atoms with Crippen LogP contribution < -0.4 is 0 Å². The maximum Gasteiger partial charge on any atom is 0.127 e. The average molecular weight is 320 g/mol. The van der Waals surface area contributed by atoms with Gasteiger partial charge in [-0.2, -0.15) is 0 Å². The Morgan fingerprint density at radius 1 is 1.44 bits per heavy atom. The first-order chi connectivity index (χ1) is 8.56. The molecule has 0 spiro atoms. The molecule has 5 heteroatoms. The van der Waals surface area contributed by atoms with Gasteiger partial charge < -0.3 is 10.2 Å². The number of aliphatic hydroxyl groups excluding tert-OH is 2. The molecule has 0 saturated carbocycles. The lowest BCUT2D eigenvalue weighted by molar-refractivity contribution is 0.0924. The van der Waals surface area contributed by atoms with Crippen molar-refractivity contribution in [2.75, 3.05) is 19.7 Å². The molecule has 1 atom stereocenters. The smallest absolute Gasteiger partial charge is 0.127 e. The van der Waals surface area contributed by atoms with Crippen LogP contribution in [-0.2, 0) is 6.54 Å². The molecule has 0 saturated heterocycles. The largest absolute Gasteiger partial charge is 0.395 e. The molecule has 1 rings (SSSR count). The summed E-state index contributed by atoms with van der Waals surface area (Å²) in [6, 6.07) is 4.78. The molecular weight excluding hydrogens is 301 g/mol. The van der Waals surface area contributed by atoms with E-state index in [1.807, 2.05) is 11.8 Å². The van der Waals surface area contributed by atoms with Crippen LogP contribution in [0.4, 0.5) is 4.39 Å². The summed E-state index contributed by atoms with van der Waals surface area (Å²) in [5.41, 5.74) is 0.557. The van der Waals surface area contributed by atoms with Crippen LogP contribution in [0.2, 0.25) is 0 Å². The minimum absolute atomic E-state index is 0.00788. The maximum atomic E-state index is 13.6. The van der Waals surface area contributed by atoms with Crippen molar-refractivity contribution in [2.45, 2.75) is 26.0 Å². The summed E-state index contributed by atoms with van der Waals surface area (Å²) in [7, 11) is 0. The van der Waals surface area contributed by atoms with Crippen molar-refractivity contribution in [3.05, 3.63) is 34.1 Å². The van der Waals surface area contributed by atoms with E-state index in [-0.39, 0.29) is 12.4 Å². The Labute approximate surface area is 115 Å². The van der Waals surface area contributed by atoms with Gasteiger partial charge in [-0.25, -0.2) is 4.39 Å². The molecule has 0 aliphatic carbocycles. The number of rotatable bonds is 7. The third kappa shape index (κ3) is 5.02. The first kappa shape index (κ1) is 15.6. The predicted molar refractivity (Wildman–Crippen MR) is 72.8 cm³/mol. The zero-order valence-electron chi connectivity index (χ0n) is 10.4. The van der Waals surface area contributed by atoms with Crippen molar-refractivity contribution in [3.63, 3.8) is 0 Å². The van der Waals surface area contributed by atoms with E-state index in [9.17, 15) is 9.50 Å². The molecule has 1 unspecified atom stereocenters. The van der Waals surface area contributed by atoms with Gasteiger partial charge in [0.05, 0.1) is 12.7 Å². The summed E-state index contributed by atoms with van der Waals surface area (Å²) in [6.07, 6.45) is 0.190. The van der Waals surface area contributed by atoms with Crippen LogP contribution in [-0.4, -0.2) is 40.9 Å². The number of nitrogens with zero attached hydrogens (tertiary/aromatic N) is 1. The van der Waals surface area contributed by atoms with Crippen LogP contribution in [0.25, 0.3) is 0 Å². The molecule has 0 radical (unpaired) electrons. The fourth-order valence-corrected chi connectivity index (χ4v) is 2.12. The fraction of sp³-hybridized carbons (Fsp3) is 0.538. The minimum atomic E-state index is -0.452. The first-order valence-electron chi connectivity index (χ1n) is 6.02. The highest BCUT2D eigenvalue weighted by atomic mass is 79.9. The molecule has 0 aliphatic heterocycles. The summed E-state index contributed by atoms with van der Waals surface area (Å²) in [6.45, 7) is 3.11. The average Bonchev–Trinajstić information content (AvgIpc) is 2.34. The third-order valence-electron chi connectivity index (χ3n) is 2.76. The lowest BCUT2D eigenvalue weighted by Gasteiger charge is -2.24. The van der Waals surface area contributed by atoms with E-state index in [0.717, 1.165) is 4.47 Å². The van der Waals surface area contributed by atoms with Crippen molar-refractivity contribution in [3.8, 4) is 0 Å². The van der Waals surface area contributed by atoms with Crippen molar-refractivity contribution in [2.24, 2.45) is 0 Å². The first-order valence-corrected chi connectivity index (χ1v) is 6.81. The molecule has 0 aliphatic rings. The van der Waals surface area contributed by atoms with E-state index in [0.29, 0.717) is 31.6 Å². The topological polar surface area (TPSA) is 43.7 Å². The van der Waals surface area contributed by atoms with Crippen LogP contribution >= 0.6 is 15.9 Å². The molecule has 0 aromatic heterocycles. The zero-order valence-corrected chi connectivity index (χ0v) is 12.0. The van der Waals surface area contributed by atoms with Gasteiger partial charge in [0, 0.05) is 29.7 Å². The van der Waals surface area contributed by atoms with Crippen LogP contribution in [0.5, 0.6) is 0 Å². The van der Waals surface area contributed by atoms with Crippen LogP contribution in [0, 0.1) is 5.82 Å². The van der Waals surface area contributed by atoms with E-state index >= 15 is 0 Å². The highest BCUT2D eigenvalue weighted by Crippen LogP contribution is 2.17. The minimum Gasteiger partial charge on any atom is -0.395 e. The quantitative estimate of drug-likeness (QED) is 0.809. The second-order valence-electron chi connectivity index (χ2n) is 4.26. The maximum absolute atomic E-state index is 13.6. The van der Waals surface area contributed by atoms with Gasteiger partial charge in [0.15, 0.2) is 0 Å². The van der Waals surface area contributed by atoms with Crippen LogP contribution in [0.15, 0.2) is 22.7 Å². The van der Waals surface area contributed by atoms with Crippen molar-refractivity contribution >= 4 is 15.9 Å². The fourth-order valence-electron chi connectivity index (χ4n) is 1.71. The number of benzene rings is 1. The van der Waals surface area contributed by atoms with Gasteiger partial charge in [-0.05, 0) is 24.6 Å². The Bertz CT molecular complexity index is 376. The Morgan fingerprint density at radius 2 is 2.17 bits per heavy atom. The molecule has 102 valence electrons. The van der Waals surface area contributed by atoms with Crippen molar-refractivity contribution < 1.29 is 14.6 Å². The Kier molecular flexibility index (Phi) is 6.78. The second-order valence-corrected chi connectivity index (χ2v) is 5.17. The van der Waals surface area contributed by atoms with Gasteiger partial charge in [-0.3, -0.25) is 4.90 Å². The number of hydrogen-bond donors (Lipinski definition) is 2. The third-order valence-corrected chi connectivity index (χ3v) is 3.25. The Hall–Kier alpha value is -0.490. The number of halogens is 2. The van der Waals surface area contributed by atoms with Gasteiger partial charge in [0.2, 0.25) is 0 Å². The van der Waals surface area contributed by atoms with Crippen molar-refractivity contribution in [1.29, 1.82) is 0 Å². The highest BCUT2D eigenvalue weighted by Gasteiger charge is 2.13. The van der Waals surface area contributed by atoms with Gasteiger partial charge in [0.1, 0.15) is 5.82 Å². The van der Waals surface area contributed by atoms with E-state index in [1.54, 1.807) is 12.1 Å². The van der Waals surface area contributed by atoms with E-state index in [4.69, 9.17) is 5.11 Å². The van der Waals surface area contributed by atoms with E-state index < -0.39 is 6.10 Å². The number of aliphatic hydroxyl groups is 2. The van der Waals surface area contributed by atoms with Gasteiger partial charge in [-0.15, -0.1) is 0 Å². The molecule has 2 N–H and O–H groups in total. The standard InChI is InChI=1S/C13H19BrFNO2/c1-2-12(18)9-16(5-6-17)8-10-7-11(14)3-4-13(10)15/h3-4,7,12,17-18H,2,5-6,8-9H2,1H3. The van der Waals surface area contributed by atoms with Gasteiger partial charge in [0.25, 0.3) is 0 Å². The highest BCUT2D eigenvalue weighted by molar-refractivity contribution is 9.10. The summed E-state index contributed by atoms with van der Waals surface area (Å²) in [5, 5.41) is 18.6. The molecule has 3 nitrogen and oxygen atoms in total. The molecule has 0 fully saturated rings. The van der Waals surface area contributed by atoms with E-state index in [2.05, 4.69) is 15.9 Å². The Balaban J connectivity index is 2.72. The molecule has 1 aromatic rings. The summed E-state index contributed by atoms with van der Waals surface area (Å²) in [4.78, 5) is 1.85. The predicted octanol–water partition coefficient (Wildman–Crippen LogP) is 2.15. The zero-order chi connectivity index (χ0) is 13.5. The lowest BCUT2D eigenvalue weighted by atomic mass is 10.2. The van der Waals surface area contributed by atoms with Crippen LogP contribution in [0.1, 0.15) is 18.9 Å². The van der Waals surface area contributed by atoms with E-state index in [1.165, 1.54) is 6.07 Å². The monoisotopic (exact) mass is 319 g/mol. The summed E-state index contributed by atoms with van der Waals surface area (Å²) < 4.78 is 14.4. The lowest BCUT2D eigenvalue weighted by Crippen LogP contribution is -2.34. The van der Waals surface area contributed by atoms with Gasteiger partial charge >= 0.3 is 0 Å². The normalized spacial score (nSPS) is 13.0.